The summed E-state index contributed by atoms with van der Waals surface area (Å²) in [4.78, 5) is 0. The molecular weight excluding hydrogens is 176 g/mol. The minimum Gasteiger partial charge on any atom is -0.420 e. The second kappa shape index (κ2) is 4.60. The van der Waals surface area contributed by atoms with E-state index in [0.29, 0.717) is 10.8 Å². The topological polar surface area (TPSA) is 9.23 Å². The normalized spacial score (nSPS) is 13.8. The van der Waals surface area contributed by atoms with Gasteiger partial charge in [0.25, 0.3) is 0 Å². The molecule has 1 radical (unpaired) electrons. The standard InChI is InChI=1S/C11H25OSi/c1-10(2,3)8-13(12-7)9-11(4,5)6/h8-9H2,1-7H3. The molecule has 0 aromatic heterocycles. The minimum absolute atomic E-state index is 0.412. The van der Waals surface area contributed by atoms with Gasteiger partial charge in [0.05, 0.1) is 0 Å². The van der Waals surface area contributed by atoms with Crippen LogP contribution in [-0.2, 0) is 4.43 Å². The van der Waals surface area contributed by atoms with Gasteiger partial charge in [0.1, 0.15) is 0 Å². The van der Waals surface area contributed by atoms with Crippen LogP contribution in [0.5, 0.6) is 0 Å². The van der Waals surface area contributed by atoms with Crippen molar-refractivity contribution < 1.29 is 4.43 Å². The molecule has 0 rings (SSSR count). The summed E-state index contributed by atoms with van der Waals surface area (Å²) in [7, 11) is 1.27. The lowest BCUT2D eigenvalue weighted by Crippen LogP contribution is -2.27. The first-order valence-electron chi connectivity index (χ1n) is 5.03. The van der Waals surface area contributed by atoms with Crippen LogP contribution >= 0.6 is 0 Å². The third-order valence-electron chi connectivity index (χ3n) is 1.74. The fourth-order valence-corrected chi connectivity index (χ4v) is 4.17. The first-order valence-corrected chi connectivity index (χ1v) is 6.85. The first-order chi connectivity index (χ1) is 5.64. The second-order valence-electron chi connectivity index (χ2n) is 6.22. The highest BCUT2D eigenvalue weighted by atomic mass is 28.3. The van der Waals surface area contributed by atoms with Crippen LogP contribution in [0.3, 0.4) is 0 Å². The molecule has 0 aliphatic carbocycles. The average molecular weight is 201 g/mol. The van der Waals surface area contributed by atoms with Crippen LogP contribution in [-0.4, -0.2) is 16.2 Å². The van der Waals surface area contributed by atoms with Crippen molar-refractivity contribution in [1.29, 1.82) is 0 Å². The van der Waals surface area contributed by atoms with E-state index in [1.165, 1.54) is 12.1 Å². The van der Waals surface area contributed by atoms with E-state index in [4.69, 9.17) is 4.43 Å². The van der Waals surface area contributed by atoms with E-state index in [2.05, 4.69) is 41.5 Å². The van der Waals surface area contributed by atoms with Crippen molar-refractivity contribution in [3.05, 3.63) is 0 Å². The molecule has 0 atom stereocenters. The SMILES string of the molecule is CO[Si](CC(C)(C)C)CC(C)(C)C. The highest BCUT2D eigenvalue weighted by molar-refractivity contribution is 6.52. The molecule has 0 saturated heterocycles. The molecule has 2 heteroatoms. The first kappa shape index (κ1) is 13.2. The number of rotatable bonds is 3. The van der Waals surface area contributed by atoms with E-state index < -0.39 is 9.04 Å². The van der Waals surface area contributed by atoms with Crippen LogP contribution in [0.15, 0.2) is 0 Å². The Hall–Kier alpha value is 0.177. The second-order valence-corrected chi connectivity index (χ2v) is 8.41. The summed E-state index contributed by atoms with van der Waals surface area (Å²) in [5.41, 5.74) is 0.825. The highest BCUT2D eigenvalue weighted by Gasteiger charge is 2.25. The Morgan fingerprint density at radius 1 is 0.846 bits per heavy atom. The van der Waals surface area contributed by atoms with Crippen LogP contribution in [0.2, 0.25) is 12.1 Å². The van der Waals surface area contributed by atoms with Gasteiger partial charge in [0, 0.05) is 7.11 Å². The quantitative estimate of drug-likeness (QED) is 0.632. The highest BCUT2D eigenvalue weighted by Crippen LogP contribution is 2.29. The Morgan fingerprint density at radius 3 is 1.31 bits per heavy atom. The summed E-state index contributed by atoms with van der Waals surface area (Å²) < 4.78 is 5.60. The summed E-state index contributed by atoms with van der Waals surface area (Å²) in [6, 6.07) is 2.48. The molecule has 0 bridgehead atoms. The van der Waals surface area contributed by atoms with Crippen molar-refractivity contribution in [2.45, 2.75) is 53.6 Å². The van der Waals surface area contributed by atoms with Crippen molar-refractivity contribution in [1.82, 2.24) is 0 Å². The summed E-state index contributed by atoms with van der Waals surface area (Å²) in [6.07, 6.45) is 0. The van der Waals surface area contributed by atoms with Gasteiger partial charge < -0.3 is 4.43 Å². The Labute approximate surface area is 85.6 Å². The van der Waals surface area contributed by atoms with E-state index in [1.54, 1.807) is 0 Å². The Morgan fingerprint density at radius 2 is 1.15 bits per heavy atom. The van der Waals surface area contributed by atoms with Crippen molar-refractivity contribution in [2.24, 2.45) is 10.8 Å². The molecule has 0 amide bonds. The smallest absolute Gasteiger partial charge is 0.211 e. The van der Waals surface area contributed by atoms with E-state index >= 15 is 0 Å². The fraction of sp³-hybridized carbons (Fsp3) is 1.00. The van der Waals surface area contributed by atoms with E-state index in [-0.39, 0.29) is 0 Å². The monoisotopic (exact) mass is 201 g/mol. The van der Waals surface area contributed by atoms with Gasteiger partial charge in [-0.25, -0.2) is 0 Å². The summed E-state index contributed by atoms with van der Waals surface area (Å²) in [5, 5.41) is 0. The van der Waals surface area contributed by atoms with E-state index in [0.717, 1.165) is 0 Å². The minimum atomic E-state index is -0.599. The van der Waals surface area contributed by atoms with Gasteiger partial charge in [0.2, 0.25) is 9.04 Å². The Bertz CT molecular complexity index is 125. The largest absolute Gasteiger partial charge is 0.420 e. The van der Waals surface area contributed by atoms with Gasteiger partial charge in [0.15, 0.2) is 0 Å². The van der Waals surface area contributed by atoms with E-state index in [9.17, 15) is 0 Å². The van der Waals surface area contributed by atoms with Crippen LogP contribution in [0.4, 0.5) is 0 Å². The Balaban J connectivity index is 4.05. The maximum absolute atomic E-state index is 5.60. The molecule has 0 aromatic rings. The van der Waals surface area contributed by atoms with Gasteiger partial charge in [-0.05, 0) is 22.9 Å². The molecule has 0 aliphatic rings. The molecule has 0 fully saturated rings. The van der Waals surface area contributed by atoms with Crippen molar-refractivity contribution >= 4 is 9.04 Å². The fourth-order valence-electron chi connectivity index (χ4n) is 1.39. The maximum atomic E-state index is 5.60. The van der Waals surface area contributed by atoms with Crippen molar-refractivity contribution in [3.63, 3.8) is 0 Å². The molecule has 0 unspecified atom stereocenters. The van der Waals surface area contributed by atoms with Crippen LogP contribution in [0.1, 0.15) is 41.5 Å². The lowest BCUT2D eigenvalue weighted by atomic mass is 10.00. The number of hydrogen-bond donors (Lipinski definition) is 0. The molecule has 0 spiro atoms. The summed E-state index contributed by atoms with van der Waals surface area (Å²) in [6.45, 7) is 13.7. The maximum Gasteiger partial charge on any atom is 0.211 e. The van der Waals surface area contributed by atoms with Gasteiger partial charge in [-0.2, -0.15) is 0 Å². The molecule has 0 N–H and O–H groups in total. The lowest BCUT2D eigenvalue weighted by molar-refractivity contribution is 0.353. The van der Waals surface area contributed by atoms with Gasteiger partial charge in [-0.15, -0.1) is 0 Å². The van der Waals surface area contributed by atoms with Crippen molar-refractivity contribution in [3.8, 4) is 0 Å². The molecule has 0 heterocycles. The van der Waals surface area contributed by atoms with Crippen molar-refractivity contribution in [2.75, 3.05) is 7.11 Å². The van der Waals surface area contributed by atoms with Gasteiger partial charge in [-0.1, -0.05) is 41.5 Å². The van der Waals surface area contributed by atoms with Crippen LogP contribution in [0, 0.1) is 10.8 Å². The van der Waals surface area contributed by atoms with Crippen LogP contribution in [0.25, 0.3) is 0 Å². The third-order valence-corrected chi connectivity index (χ3v) is 5.23. The third kappa shape index (κ3) is 8.51. The zero-order valence-electron chi connectivity index (χ0n) is 10.3. The van der Waals surface area contributed by atoms with Gasteiger partial charge >= 0.3 is 0 Å². The Kier molecular flexibility index (Phi) is 4.67. The molecule has 0 aliphatic heterocycles. The van der Waals surface area contributed by atoms with E-state index in [1.807, 2.05) is 7.11 Å². The van der Waals surface area contributed by atoms with Crippen LogP contribution < -0.4 is 0 Å². The molecule has 1 nitrogen and oxygen atoms in total. The average Bonchev–Trinajstić information content (AvgIpc) is 1.79. The summed E-state index contributed by atoms with van der Waals surface area (Å²) >= 11 is 0. The summed E-state index contributed by atoms with van der Waals surface area (Å²) in [5.74, 6) is 0. The lowest BCUT2D eigenvalue weighted by Gasteiger charge is -2.28. The zero-order valence-corrected chi connectivity index (χ0v) is 11.3. The predicted octanol–water partition coefficient (Wildman–Crippen LogP) is 3.72. The number of hydrogen-bond acceptors (Lipinski definition) is 1. The molecule has 0 aromatic carbocycles. The molecule has 79 valence electrons. The molecular formula is C11H25OSi. The van der Waals surface area contributed by atoms with Gasteiger partial charge in [-0.3, -0.25) is 0 Å². The molecule has 13 heavy (non-hydrogen) atoms. The molecule has 0 saturated carbocycles. The zero-order chi connectivity index (χ0) is 10.7. The predicted molar refractivity (Wildman–Crippen MR) is 61.3 cm³/mol.